The summed E-state index contributed by atoms with van der Waals surface area (Å²) in [5.74, 6) is 0. The maximum atomic E-state index is 5.81. The Labute approximate surface area is 108 Å². The van der Waals surface area contributed by atoms with Gasteiger partial charge in [-0.05, 0) is 39.2 Å². The van der Waals surface area contributed by atoms with Crippen LogP contribution in [0.5, 0.6) is 0 Å². The summed E-state index contributed by atoms with van der Waals surface area (Å²) in [5.41, 5.74) is 1.02. The molecule has 0 aliphatic heterocycles. The van der Waals surface area contributed by atoms with E-state index in [0.717, 1.165) is 35.1 Å². The summed E-state index contributed by atoms with van der Waals surface area (Å²) in [6.07, 6.45) is 1.08. The molecule has 2 nitrogen and oxygen atoms in total. The van der Waals surface area contributed by atoms with Crippen LogP contribution in [0.1, 0.15) is 12.0 Å². The molecule has 1 N–H and O–H groups in total. The Kier molecular flexibility index (Phi) is 5.74. The van der Waals surface area contributed by atoms with Crippen molar-refractivity contribution in [1.29, 1.82) is 0 Å². The van der Waals surface area contributed by atoms with Crippen molar-refractivity contribution in [1.82, 2.24) is 10.2 Å². The maximum Gasteiger partial charge on any atom is 0.106 e. The van der Waals surface area contributed by atoms with Crippen molar-refractivity contribution in [3.63, 3.8) is 0 Å². The third-order valence-electron chi connectivity index (χ3n) is 2.17. The number of rotatable bonds is 5. The van der Waals surface area contributed by atoms with Crippen LogP contribution in [0.2, 0.25) is 5.02 Å². The Bertz CT molecular complexity index is 335. The molecule has 0 spiro atoms. The summed E-state index contributed by atoms with van der Waals surface area (Å²) < 4.78 is 0. The third kappa shape index (κ3) is 4.92. The van der Waals surface area contributed by atoms with Crippen molar-refractivity contribution >= 4 is 28.8 Å². The normalized spacial score (nSPS) is 10.5. The first-order valence-electron chi connectivity index (χ1n) is 5.28. The van der Waals surface area contributed by atoms with E-state index in [-0.39, 0.29) is 0 Å². The minimum Gasteiger partial charge on any atom is -0.376 e. The highest BCUT2D eigenvalue weighted by molar-refractivity contribution is 7.80. The highest BCUT2D eigenvalue weighted by atomic mass is 35.5. The van der Waals surface area contributed by atoms with E-state index >= 15 is 0 Å². The topological polar surface area (TPSA) is 15.3 Å². The van der Waals surface area contributed by atoms with Gasteiger partial charge in [-0.15, -0.1) is 0 Å². The number of thiocarbonyl (C=S) groups is 1. The van der Waals surface area contributed by atoms with Crippen LogP contribution < -0.4 is 5.32 Å². The van der Waals surface area contributed by atoms with Gasteiger partial charge in [0.05, 0.1) is 0 Å². The van der Waals surface area contributed by atoms with Crippen molar-refractivity contribution in [3.8, 4) is 0 Å². The minimum atomic E-state index is 0.735. The van der Waals surface area contributed by atoms with Gasteiger partial charge in [0.25, 0.3) is 0 Å². The number of benzene rings is 1. The Hall–Kier alpha value is -0.640. The average Bonchev–Trinajstić information content (AvgIpc) is 2.25. The molecule has 0 atom stereocenters. The summed E-state index contributed by atoms with van der Waals surface area (Å²) in [5, 5.41) is 3.97. The first-order chi connectivity index (χ1) is 7.59. The van der Waals surface area contributed by atoms with Gasteiger partial charge in [0, 0.05) is 17.1 Å². The summed E-state index contributed by atoms with van der Waals surface area (Å²) in [6, 6.07) is 7.57. The highest BCUT2D eigenvalue weighted by Gasteiger charge is 1.99. The van der Waals surface area contributed by atoms with E-state index in [2.05, 4.69) is 24.3 Å². The maximum absolute atomic E-state index is 5.81. The van der Waals surface area contributed by atoms with Crippen molar-refractivity contribution in [2.45, 2.75) is 6.42 Å². The Balaban J connectivity index is 2.32. The Morgan fingerprint density at radius 3 is 2.50 bits per heavy atom. The van der Waals surface area contributed by atoms with E-state index in [4.69, 9.17) is 23.8 Å². The van der Waals surface area contributed by atoms with E-state index in [9.17, 15) is 0 Å². The summed E-state index contributed by atoms with van der Waals surface area (Å²) in [6.45, 7) is 1.97. The summed E-state index contributed by atoms with van der Waals surface area (Å²) in [4.78, 5) is 2.95. The van der Waals surface area contributed by atoms with E-state index in [1.54, 1.807) is 0 Å². The number of halogens is 1. The van der Waals surface area contributed by atoms with Crippen LogP contribution in [-0.2, 0) is 0 Å². The Morgan fingerprint density at radius 1 is 1.31 bits per heavy atom. The van der Waals surface area contributed by atoms with Crippen LogP contribution in [0.3, 0.4) is 0 Å². The molecule has 0 unspecified atom stereocenters. The zero-order valence-electron chi connectivity index (χ0n) is 9.66. The first kappa shape index (κ1) is 13.4. The molecule has 1 rings (SSSR count). The predicted octanol–water partition coefficient (Wildman–Crippen LogP) is 2.56. The summed E-state index contributed by atoms with van der Waals surface area (Å²) in [7, 11) is 4.13. The number of nitrogens with zero attached hydrogens (tertiary/aromatic N) is 1. The molecule has 0 aliphatic rings. The van der Waals surface area contributed by atoms with Crippen LogP contribution in [0, 0.1) is 0 Å². The fourth-order valence-electron chi connectivity index (χ4n) is 1.30. The van der Waals surface area contributed by atoms with Crippen LogP contribution >= 0.6 is 23.8 Å². The molecule has 4 heteroatoms. The monoisotopic (exact) mass is 256 g/mol. The predicted molar refractivity (Wildman–Crippen MR) is 74.3 cm³/mol. The molecule has 0 amide bonds. The zero-order chi connectivity index (χ0) is 12.0. The lowest BCUT2D eigenvalue weighted by atomic mass is 10.2. The molecule has 0 saturated carbocycles. The minimum absolute atomic E-state index is 0.735. The third-order valence-corrected chi connectivity index (χ3v) is 2.81. The van der Waals surface area contributed by atoms with Gasteiger partial charge in [-0.25, -0.2) is 0 Å². The van der Waals surface area contributed by atoms with Gasteiger partial charge in [-0.2, -0.15) is 0 Å². The van der Waals surface area contributed by atoms with Gasteiger partial charge in [0.2, 0.25) is 0 Å². The van der Waals surface area contributed by atoms with Gasteiger partial charge in [0.1, 0.15) is 4.99 Å². The van der Waals surface area contributed by atoms with Crippen LogP contribution in [-0.4, -0.2) is 37.1 Å². The SMILES string of the molecule is CN(C)CCCNC(=S)c1ccc(Cl)cc1. The quantitative estimate of drug-likeness (QED) is 0.644. The molecule has 16 heavy (non-hydrogen) atoms. The molecule has 0 aliphatic carbocycles. The van der Waals surface area contributed by atoms with Gasteiger partial charge in [-0.3, -0.25) is 0 Å². The molecule has 0 heterocycles. The largest absolute Gasteiger partial charge is 0.376 e. The molecule has 0 fully saturated rings. The number of hydrogen-bond acceptors (Lipinski definition) is 2. The van der Waals surface area contributed by atoms with E-state index in [1.807, 2.05) is 24.3 Å². The molecule has 88 valence electrons. The van der Waals surface area contributed by atoms with Crippen LogP contribution in [0.25, 0.3) is 0 Å². The van der Waals surface area contributed by atoms with Crippen molar-refractivity contribution < 1.29 is 0 Å². The van der Waals surface area contributed by atoms with Crippen LogP contribution in [0.15, 0.2) is 24.3 Å². The molecule has 1 aromatic rings. The molecule has 0 aromatic heterocycles. The average molecular weight is 257 g/mol. The highest BCUT2D eigenvalue weighted by Crippen LogP contribution is 2.09. The van der Waals surface area contributed by atoms with Gasteiger partial charge >= 0.3 is 0 Å². The standard InChI is InChI=1S/C12H17ClN2S/c1-15(2)9-3-8-14-12(16)10-4-6-11(13)7-5-10/h4-7H,3,8-9H2,1-2H3,(H,14,16). The van der Waals surface area contributed by atoms with E-state index < -0.39 is 0 Å². The fraction of sp³-hybridized carbons (Fsp3) is 0.417. The lowest BCUT2D eigenvalue weighted by Crippen LogP contribution is -2.26. The number of nitrogens with one attached hydrogen (secondary N) is 1. The second-order valence-electron chi connectivity index (χ2n) is 3.92. The molecular weight excluding hydrogens is 240 g/mol. The smallest absolute Gasteiger partial charge is 0.106 e. The molecule has 1 aromatic carbocycles. The second-order valence-corrected chi connectivity index (χ2v) is 4.76. The second kappa shape index (κ2) is 6.84. The molecule has 0 saturated heterocycles. The van der Waals surface area contributed by atoms with E-state index in [0.29, 0.717) is 0 Å². The van der Waals surface area contributed by atoms with Crippen molar-refractivity contribution in [3.05, 3.63) is 34.9 Å². The van der Waals surface area contributed by atoms with Gasteiger partial charge < -0.3 is 10.2 Å². The van der Waals surface area contributed by atoms with Gasteiger partial charge in [-0.1, -0.05) is 36.0 Å². The molecular formula is C12H17ClN2S. The lowest BCUT2D eigenvalue weighted by Gasteiger charge is -2.11. The first-order valence-corrected chi connectivity index (χ1v) is 6.06. The van der Waals surface area contributed by atoms with E-state index in [1.165, 1.54) is 0 Å². The zero-order valence-corrected chi connectivity index (χ0v) is 11.2. The fourth-order valence-corrected chi connectivity index (χ4v) is 1.66. The Morgan fingerprint density at radius 2 is 1.94 bits per heavy atom. The summed E-state index contributed by atoms with van der Waals surface area (Å²) >= 11 is 11.1. The van der Waals surface area contributed by atoms with Crippen molar-refractivity contribution in [2.24, 2.45) is 0 Å². The van der Waals surface area contributed by atoms with Crippen LogP contribution in [0.4, 0.5) is 0 Å². The molecule has 0 bridgehead atoms. The van der Waals surface area contributed by atoms with Crippen molar-refractivity contribution in [2.75, 3.05) is 27.2 Å². The van der Waals surface area contributed by atoms with Gasteiger partial charge in [0.15, 0.2) is 0 Å². The number of hydrogen-bond donors (Lipinski definition) is 1. The lowest BCUT2D eigenvalue weighted by molar-refractivity contribution is 0.400. The molecule has 0 radical (unpaired) electrons.